The number of carbonyl (C=O) groups excluding carboxylic acids is 16. The normalized spacial score (nSPS) is 18.6. The average molecular weight is 1890 g/mol. The molecule has 0 saturated carbocycles. The first-order valence-electron chi connectivity index (χ1n) is 46.3. The number of nitrogens with two attached hydrogens (primary N) is 4. The van der Waals surface area contributed by atoms with Crippen LogP contribution in [0.2, 0.25) is 0 Å². The van der Waals surface area contributed by atoms with E-state index >= 15 is 4.79 Å². The molecule has 5 aromatic rings. The van der Waals surface area contributed by atoms with Gasteiger partial charge in [-0.2, -0.15) is 0 Å². The highest BCUT2D eigenvalue weighted by Crippen LogP contribution is 2.24. The van der Waals surface area contributed by atoms with E-state index in [0.29, 0.717) is 17.5 Å². The van der Waals surface area contributed by atoms with Crippen LogP contribution in [0.15, 0.2) is 73.3 Å². The van der Waals surface area contributed by atoms with E-state index in [1.807, 2.05) is 6.07 Å². The number of hydrogen-bond donors (Lipinski definition) is 24. The van der Waals surface area contributed by atoms with Crippen molar-refractivity contribution in [3.8, 4) is 0 Å². The van der Waals surface area contributed by atoms with Crippen molar-refractivity contribution in [1.29, 1.82) is 5.41 Å². The van der Waals surface area contributed by atoms with Gasteiger partial charge in [-0.3, -0.25) is 82.1 Å². The summed E-state index contributed by atoms with van der Waals surface area (Å²) in [5, 5.41) is 79.9. The van der Waals surface area contributed by atoms with E-state index < -0.39 is 220 Å². The van der Waals surface area contributed by atoms with Gasteiger partial charge in [-0.05, 0) is 105 Å². The van der Waals surface area contributed by atoms with Gasteiger partial charge in [0, 0.05) is 101 Å². The highest BCUT2D eigenvalue weighted by Gasteiger charge is 2.44. The Balaban J connectivity index is 0.929. The second kappa shape index (κ2) is 60.9. The van der Waals surface area contributed by atoms with Crippen molar-refractivity contribution < 1.29 is 96.4 Å². The molecule has 2 aromatic carbocycles. The first-order chi connectivity index (χ1) is 65.1. The topological polar surface area (TPSA) is 731 Å². The zero-order valence-electron chi connectivity index (χ0n) is 76.3. The highest BCUT2D eigenvalue weighted by atomic mass is 16.5. The van der Waals surface area contributed by atoms with Crippen LogP contribution in [0.1, 0.15) is 190 Å². The predicted octanol–water partition coefficient (Wildman–Crippen LogP) is -4.33. The molecule has 2 aliphatic heterocycles. The molecule has 47 nitrogen and oxygen atoms in total. The number of ether oxygens (including phenoxy) is 2. The number of hydrogen-bond acceptors (Lipinski definition) is 26. The Morgan fingerprint density at radius 3 is 1.91 bits per heavy atom. The minimum absolute atomic E-state index is 0.00906. The SMILES string of the molecule is N=C(N)NCCC[C@@H]1NC(=O)[C@@H](Cc2ccccc2)NC(=O)[C@@H]2C[C@@H](O)CN2C(=O)[C@@H](NC(=O)[C@@H](CCCN)NC(=O)CNC(=O)[C@H](Cc2c[nH]cn2)NC(=O)[C@H](CCC(N)=O)NC(=O)[C@H](CO)NC(=O)CNC(=O)COCCOCCNC(=O)CCCCCCCCCCCCCCCc2nnn[nH]2)CCC(=O)NCCCC[C@@H](C(N)=O)NC(=O)[C@H](Cc2c[nH]c3ccccc23)NC1=O. The summed E-state index contributed by atoms with van der Waals surface area (Å²) in [6.07, 6.45) is 16.3. The summed E-state index contributed by atoms with van der Waals surface area (Å²) in [5.74, 6) is -13.7. The van der Waals surface area contributed by atoms with Crippen LogP contribution in [0.5, 0.6) is 0 Å². The number of guanidine groups is 1. The number of imidazole rings is 1. The molecular weight excluding hydrogens is 1760 g/mol. The van der Waals surface area contributed by atoms with Crippen molar-refractivity contribution in [3.05, 3.63) is 96.0 Å². The van der Waals surface area contributed by atoms with E-state index in [2.05, 4.69) is 110 Å². The second-order valence-electron chi connectivity index (χ2n) is 33.4. The first-order valence-corrected chi connectivity index (χ1v) is 46.3. The molecule has 2 aliphatic rings. The van der Waals surface area contributed by atoms with Crippen LogP contribution in [0.3, 0.4) is 0 Å². The largest absolute Gasteiger partial charge is 0.394 e. The summed E-state index contributed by atoms with van der Waals surface area (Å²) in [5.41, 5.74) is 24.8. The van der Waals surface area contributed by atoms with Crippen molar-refractivity contribution in [2.75, 3.05) is 78.8 Å². The van der Waals surface area contributed by atoms with Crippen molar-refractivity contribution >= 4 is 111 Å². The molecule has 0 bridgehead atoms. The molecule has 0 unspecified atom stereocenters. The van der Waals surface area contributed by atoms with Crippen LogP contribution in [0, 0.1) is 5.41 Å². The van der Waals surface area contributed by atoms with Crippen LogP contribution in [-0.2, 0) is 112 Å². The number of unbranched alkanes of at least 4 members (excludes halogenated alkanes) is 12. The molecule has 2 fully saturated rings. The first kappa shape index (κ1) is 109. The zero-order chi connectivity index (χ0) is 97.7. The Morgan fingerprint density at radius 2 is 1.23 bits per heavy atom. The van der Waals surface area contributed by atoms with Gasteiger partial charge in [-0.1, -0.05) is 119 Å². The molecule has 2 saturated heterocycles. The van der Waals surface area contributed by atoms with Crippen LogP contribution in [-0.4, -0.2) is 297 Å². The van der Waals surface area contributed by atoms with E-state index in [-0.39, 0.29) is 128 Å². The number of carbonyl (C=O) groups is 16. The maximum atomic E-state index is 15.2. The second-order valence-corrected chi connectivity index (χ2v) is 33.4. The van der Waals surface area contributed by atoms with E-state index in [1.165, 1.54) is 63.9 Å². The number of rotatable bonds is 55. The molecule has 0 radical (unpaired) electrons. The third kappa shape index (κ3) is 41.5. The molecule has 16 amide bonds. The number of fused-ring (bicyclic) bond motifs is 2. The monoisotopic (exact) mass is 1890 g/mol. The lowest BCUT2D eigenvalue weighted by Gasteiger charge is -2.31. The summed E-state index contributed by atoms with van der Waals surface area (Å²) < 4.78 is 10.8. The number of aryl methyl sites for hydroxylation is 1. The van der Waals surface area contributed by atoms with Gasteiger partial charge in [-0.25, -0.2) is 10.1 Å². The van der Waals surface area contributed by atoms with Gasteiger partial charge in [0.25, 0.3) is 0 Å². The minimum atomic E-state index is -1.75. The molecule has 3 aromatic heterocycles. The lowest BCUT2D eigenvalue weighted by molar-refractivity contribution is -0.143. The number of benzene rings is 2. The molecule has 742 valence electrons. The third-order valence-electron chi connectivity index (χ3n) is 22.7. The number of amides is 16. The standard InChI is InChI=1S/C88H135N27O20/c89-36-21-28-62(102-76(122)50-100-79(125)68(45-57-48-94-54-101-57)109-82(128)64(32-34-71(90)118)106-85(131)69(52-116)103-75(121)49-99-77(123)53-135-42-41-134-40-39-96-73(119)31-16-11-9-7-5-3-1-2-4-6-8-10-15-30-72-111-113-114-112-72)80(126)107-65-33-35-74(120)95-37-20-19-27-61(78(91)124)104-84(130)67(44-56-47-98-60-26-18-17-25-59(56)60)108-81(127)63(29-22-38-97-88(92)93)105-83(129)66(43-55-23-13-12-14-24-55)110-86(132)70-46-58(117)51-115(70)87(65)133/h12-14,17-18,23-26,47-48,54,58,61-70,98,116-117H,1-11,15-16,19-22,27-46,49-53,89H2,(H2,90,118)(H2,91,124)(H,94,101)(H,95,120)(H,96,119)(H,99,123)(H,100,125)(H,102,122)(H,103,121)(H,104,130)(H,105,129)(H,106,131)(H,107,126)(H,108,127)(H,109,128)(H,110,132)(H4,92,93,97)(H,111,112,113,114)/t58-,61+,62-,63+,64+,65+,66-,67+,68+,69+,70+/m1/s1. The fourth-order valence-electron chi connectivity index (χ4n) is 15.3. The van der Waals surface area contributed by atoms with Gasteiger partial charge in [0.2, 0.25) is 94.5 Å². The molecule has 135 heavy (non-hydrogen) atoms. The Morgan fingerprint density at radius 1 is 0.593 bits per heavy atom. The molecule has 11 atom stereocenters. The van der Waals surface area contributed by atoms with Gasteiger partial charge in [0.15, 0.2) is 5.96 Å². The van der Waals surface area contributed by atoms with Gasteiger partial charge < -0.3 is 132 Å². The number of aliphatic hydroxyl groups excluding tert-OH is 2. The molecule has 47 heteroatoms. The summed E-state index contributed by atoms with van der Waals surface area (Å²) in [7, 11) is 0. The predicted molar refractivity (Wildman–Crippen MR) is 489 cm³/mol. The number of aliphatic hydroxyl groups is 2. The van der Waals surface area contributed by atoms with Gasteiger partial charge in [0.1, 0.15) is 72.8 Å². The van der Waals surface area contributed by atoms with Crippen molar-refractivity contribution in [2.45, 2.75) is 259 Å². The fourth-order valence-corrected chi connectivity index (χ4v) is 15.3. The van der Waals surface area contributed by atoms with Gasteiger partial charge >= 0.3 is 0 Å². The van der Waals surface area contributed by atoms with Crippen LogP contribution in [0.25, 0.3) is 10.9 Å². The van der Waals surface area contributed by atoms with Crippen molar-refractivity contribution in [2.24, 2.45) is 22.9 Å². The van der Waals surface area contributed by atoms with Gasteiger partial charge in [-0.15, -0.1) is 5.10 Å². The van der Waals surface area contributed by atoms with Crippen LogP contribution >= 0.6 is 0 Å². The number of nitrogens with one attached hydrogen (secondary N) is 18. The molecule has 28 N–H and O–H groups in total. The average Bonchev–Trinajstić information content (AvgIpc) is 1.68. The maximum Gasteiger partial charge on any atom is 0.246 e. The number of nitrogens with zero attached hydrogens (tertiary/aromatic N) is 5. The third-order valence-corrected chi connectivity index (χ3v) is 22.7. The summed E-state index contributed by atoms with van der Waals surface area (Å²) in [6.45, 7) is -3.07. The van der Waals surface area contributed by atoms with E-state index in [1.54, 1.807) is 54.7 Å². The van der Waals surface area contributed by atoms with E-state index in [0.717, 1.165) is 60.2 Å². The quantitative estimate of drug-likeness (QED) is 0.00994. The smallest absolute Gasteiger partial charge is 0.246 e. The molecule has 0 aliphatic carbocycles. The molecular formula is C88H135N27O20. The number of H-pyrrole nitrogens is 3. The summed E-state index contributed by atoms with van der Waals surface area (Å²) in [4.78, 5) is 233. The number of tetrazole rings is 1. The maximum absolute atomic E-state index is 15.2. The summed E-state index contributed by atoms with van der Waals surface area (Å²) >= 11 is 0. The lowest BCUT2D eigenvalue weighted by Crippen LogP contribution is -2.60. The van der Waals surface area contributed by atoms with E-state index in [9.17, 15) is 82.1 Å². The van der Waals surface area contributed by atoms with Crippen molar-refractivity contribution in [3.63, 3.8) is 0 Å². The highest BCUT2D eigenvalue weighted by molar-refractivity contribution is 6.00. The fraction of sp³-hybridized carbons (Fsp3) is 0.602. The Kier molecular flexibility index (Phi) is 49.1. The van der Waals surface area contributed by atoms with Crippen LogP contribution < -0.4 is 97.4 Å². The number of aromatic amines is 3. The Bertz CT molecular complexity index is 4600. The number of aromatic nitrogens is 7. The molecule has 0 spiro atoms. The molecule has 7 rings (SSSR count). The number of para-hydroxylation sites is 1. The number of primary amides is 2. The Labute approximate surface area is 781 Å². The minimum Gasteiger partial charge on any atom is -0.394 e. The Hall–Kier alpha value is -13.2. The lowest BCUT2D eigenvalue weighted by atomic mass is 10.0. The van der Waals surface area contributed by atoms with Crippen LogP contribution in [0.4, 0.5) is 0 Å². The van der Waals surface area contributed by atoms with Gasteiger partial charge in [0.05, 0.1) is 57.6 Å². The molecule has 5 heterocycles. The zero-order valence-corrected chi connectivity index (χ0v) is 76.3. The van der Waals surface area contributed by atoms with E-state index in [4.69, 9.17) is 37.8 Å². The summed E-state index contributed by atoms with van der Waals surface area (Å²) in [6, 6.07) is 0.00706. The van der Waals surface area contributed by atoms with Crippen molar-refractivity contribution in [1.82, 2.24) is 115 Å².